The number of aliphatic imine (C=N–C) groups is 1. The molecule has 0 radical (unpaired) electrons. The molecule has 0 spiro atoms. The summed E-state index contributed by atoms with van der Waals surface area (Å²) in [6.07, 6.45) is 0.792. The van der Waals surface area contributed by atoms with E-state index in [0.717, 1.165) is 17.7 Å². The number of fused-ring (bicyclic) bond motifs is 1. The lowest BCUT2D eigenvalue weighted by molar-refractivity contribution is 0.112. The Labute approximate surface area is 125 Å². The van der Waals surface area contributed by atoms with Crippen LogP contribution in [0.5, 0.6) is 0 Å². The van der Waals surface area contributed by atoms with Crippen LogP contribution in [0, 0.1) is 0 Å². The number of nitrogen functional groups attached to an aromatic ring is 1. The average molecular weight is 298 g/mol. The van der Waals surface area contributed by atoms with Crippen molar-refractivity contribution in [1.29, 1.82) is 0 Å². The first-order chi connectivity index (χ1) is 10.7. The first-order valence-corrected chi connectivity index (χ1v) is 6.65. The molecule has 3 rings (SSSR count). The topological polar surface area (TPSA) is 125 Å². The van der Waals surface area contributed by atoms with E-state index < -0.39 is 0 Å². The van der Waals surface area contributed by atoms with Gasteiger partial charge in [-0.3, -0.25) is 14.6 Å². The van der Waals surface area contributed by atoms with Gasteiger partial charge in [0.2, 0.25) is 5.95 Å². The van der Waals surface area contributed by atoms with Crippen LogP contribution in [0.4, 0.5) is 23.1 Å². The number of nitrogens with two attached hydrogens (primary N) is 1. The van der Waals surface area contributed by atoms with E-state index in [4.69, 9.17) is 5.73 Å². The van der Waals surface area contributed by atoms with Gasteiger partial charge in [0.25, 0.3) is 5.56 Å². The van der Waals surface area contributed by atoms with Gasteiger partial charge in [-0.1, -0.05) is 0 Å². The second kappa shape index (κ2) is 5.68. The highest BCUT2D eigenvalue weighted by molar-refractivity contribution is 5.97. The van der Waals surface area contributed by atoms with Crippen LogP contribution < -0.4 is 21.9 Å². The Kier molecular flexibility index (Phi) is 3.57. The van der Waals surface area contributed by atoms with E-state index in [2.05, 4.69) is 25.6 Å². The number of carbonyl (C=O) groups is 1. The van der Waals surface area contributed by atoms with Crippen LogP contribution in [0.15, 0.2) is 34.1 Å². The lowest BCUT2D eigenvalue weighted by Crippen LogP contribution is -2.28. The van der Waals surface area contributed by atoms with Crippen molar-refractivity contribution >= 4 is 35.1 Å². The van der Waals surface area contributed by atoms with Crippen molar-refractivity contribution in [3.63, 3.8) is 0 Å². The lowest BCUT2D eigenvalue weighted by Gasteiger charge is -2.17. The largest absolute Gasteiger partial charge is 0.380 e. The number of hydrogen-bond acceptors (Lipinski definition) is 7. The molecule has 0 unspecified atom stereocenters. The minimum Gasteiger partial charge on any atom is -0.380 e. The lowest BCUT2D eigenvalue weighted by atomic mass is 10.2. The van der Waals surface area contributed by atoms with Gasteiger partial charge < -0.3 is 16.4 Å². The number of H-pyrrole nitrogens is 1. The van der Waals surface area contributed by atoms with Gasteiger partial charge >= 0.3 is 0 Å². The molecule has 0 atom stereocenters. The molecular formula is C14H14N6O2. The minimum atomic E-state index is -0.373. The maximum absolute atomic E-state index is 11.8. The normalized spacial score (nSPS) is 12.8. The van der Waals surface area contributed by atoms with E-state index in [1.165, 1.54) is 0 Å². The van der Waals surface area contributed by atoms with Crippen molar-refractivity contribution in [2.24, 2.45) is 4.99 Å². The monoisotopic (exact) mass is 298 g/mol. The Morgan fingerprint density at radius 3 is 2.82 bits per heavy atom. The summed E-state index contributed by atoms with van der Waals surface area (Å²) in [5, 5.41) is 6.20. The maximum atomic E-state index is 11.8. The molecule has 112 valence electrons. The fourth-order valence-electron chi connectivity index (χ4n) is 2.08. The average Bonchev–Trinajstić information content (AvgIpc) is 2.53. The Balaban J connectivity index is 1.74. The summed E-state index contributed by atoms with van der Waals surface area (Å²) in [5.74, 6) is 0.448. The predicted molar refractivity (Wildman–Crippen MR) is 85.2 cm³/mol. The number of benzene rings is 1. The van der Waals surface area contributed by atoms with E-state index in [9.17, 15) is 9.59 Å². The van der Waals surface area contributed by atoms with Crippen LogP contribution in [0.25, 0.3) is 0 Å². The number of aromatic nitrogens is 2. The van der Waals surface area contributed by atoms with Crippen molar-refractivity contribution in [2.75, 3.05) is 29.5 Å². The number of nitrogens with one attached hydrogen (secondary N) is 3. The molecule has 8 nitrogen and oxygen atoms in total. The standard InChI is InChI=1S/C14H14N6O2/c15-14-19-12-11(13(22)20-14)18-10(6-17-12)5-16-9-3-1-8(7-21)2-4-9/h1-4,7,16H,5-6H2,(H4,15,17,19,20,22). The first kappa shape index (κ1) is 13.8. The predicted octanol–water partition coefficient (Wildman–Crippen LogP) is 0.775. The fourth-order valence-corrected chi connectivity index (χ4v) is 2.08. The summed E-state index contributed by atoms with van der Waals surface area (Å²) >= 11 is 0. The highest BCUT2D eigenvalue weighted by Crippen LogP contribution is 2.21. The van der Waals surface area contributed by atoms with Crippen LogP contribution in [0.3, 0.4) is 0 Å². The van der Waals surface area contributed by atoms with Crippen LogP contribution in [-0.4, -0.2) is 35.1 Å². The molecule has 0 saturated heterocycles. The van der Waals surface area contributed by atoms with Crippen molar-refractivity contribution in [3.05, 3.63) is 40.2 Å². The Bertz CT molecular complexity index is 794. The number of carbonyl (C=O) groups excluding carboxylic acids is 1. The van der Waals surface area contributed by atoms with Gasteiger partial charge in [0.15, 0.2) is 11.5 Å². The third-order valence-corrected chi connectivity index (χ3v) is 3.19. The fraction of sp³-hybridized carbons (Fsp3) is 0.143. The highest BCUT2D eigenvalue weighted by atomic mass is 16.1. The zero-order valence-corrected chi connectivity index (χ0v) is 11.6. The molecule has 2 aromatic rings. The summed E-state index contributed by atoms with van der Waals surface area (Å²) in [6.45, 7) is 0.943. The van der Waals surface area contributed by atoms with Crippen molar-refractivity contribution in [3.8, 4) is 0 Å². The summed E-state index contributed by atoms with van der Waals surface area (Å²) < 4.78 is 0. The van der Waals surface area contributed by atoms with E-state index in [1.54, 1.807) is 12.1 Å². The molecule has 2 heterocycles. The van der Waals surface area contributed by atoms with E-state index in [-0.39, 0.29) is 17.2 Å². The summed E-state index contributed by atoms with van der Waals surface area (Å²) in [4.78, 5) is 33.1. The number of nitrogens with zero attached hydrogens (tertiary/aromatic N) is 2. The number of hydrogen-bond donors (Lipinski definition) is 4. The van der Waals surface area contributed by atoms with Gasteiger partial charge in [-0.2, -0.15) is 4.98 Å². The van der Waals surface area contributed by atoms with Gasteiger partial charge in [-0.25, -0.2) is 4.99 Å². The molecule has 1 aliphatic rings. The van der Waals surface area contributed by atoms with Crippen LogP contribution in [0.1, 0.15) is 10.4 Å². The molecule has 8 heteroatoms. The van der Waals surface area contributed by atoms with Crippen LogP contribution in [-0.2, 0) is 0 Å². The Morgan fingerprint density at radius 2 is 2.09 bits per heavy atom. The van der Waals surface area contributed by atoms with Gasteiger partial charge in [-0.15, -0.1) is 0 Å². The van der Waals surface area contributed by atoms with E-state index in [1.807, 2.05) is 12.1 Å². The maximum Gasteiger partial charge on any atom is 0.280 e. The van der Waals surface area contributed by atoms with Gasteiger partial charge in [0.1, 0.15) is 6.29 Å². The molecule has 0 fully saturated rings. The number of aldehydes is 1. The molecule has 1 aromatic carbocycles. The number of aromatic amines is 1. The van der Waals surface area contributed by atoms with E-state index in [0.29, 0.717) is 24.5 Å². The molecule has 22 heavy (non-hydrogen) atoms. The zero-order valence-electron chi connectivity index (χ0n) is 11.6. The van der Waals surface area contributed by atoms with E-state index >= 15 is 0 Å². The molecule has 0 aliphatic carbocycles. The van der Waals surface area contributed by atoms with Crippen LogP contribution in [0.2, 0.25) is 0 Å². The molecular weight excluding hydrogens is 284 g/mol. The smallest absolute Gasteiger partial charge is 0.280 e. The SMILES string of the molecule is Nc1nc2c(c(=O)[nH]1)N=C(CNc1ccc(C=O)cc1)CN2. The second-order valence-corrected chi connectivity index (χ2v) is 4.77. The highest BCUT2D eigenvalue weighted by Gasteiger charge is 2.16. The van der Waals surface area contributed by atoms with Crippen molar-refractivity contribution in [1.82, 2.24) is 9.97 Å². The Hall–Kier alpha value is -3.16. The molecule has 1 aromatic heterocycles. The number of anilines is 3. The second-order valence-electron chi connectivity index (χ2n) is 4.77. The molecule has 1 aliphatic heterocycles. The van der Waals surface area contributed by atoms with Crippen molar-refractivity contribution < 1.29 is 4.79 Å². The molecule has 0 amide bonds. The molecule has 0 saturated carbocycles. The first-order valence-electron chi connectivity index (χ1n) is 6.65. The minimum absolute atomic E-state index is 0.0586. The summed E-state index contributed by atoms with van der Waals surface area (Å²) in [6, 6.07) is 7.07. The number of rotatable bonds is 4. The third kappa shape index (κ3) is 2.80. The van der Waals surface area contributed by atoms with Gasteiger partial charge in [0, 0.05) is 11.3 Å². The summed E-state index contributed by atoms with van der Waals surface area (Å²) in [7, 11) is 0. The summed E-state index contributed by atoms with van der Waals surface area (Å²) in [5.41, 5.74) is 7.59. The Morgan fingerprint density at radius 1 is 1.32 bits per heavy atom. The van der Waals surface area contributed by atoms with Gasteiger partial charge in [-0.05, 0) is 24.3 Å². The molecule has 0 bridgehead atoms. The zero-order chi connectivity index (χ0) is 15.5. The van der Waals surface area contributed by atoms with Crippen LogP contribution >= 0.6 is 0 Å². The third-order valence-electron chi connectivity index (χ3n) is 3.19. The van der Waals surface area contributed by atoms with Crippen molar-refractivity contribution in [2.45, 2.75) is 0 Å². The molecule has 5 N–H and O–H groups in total. The quantitative estimate of drug-likeness (QED) is 0.618. The van der Waals surface area contributed by atoms with Gasteiger partial charge in [0.05, 0.1) is 18.8 Å².